The van der Waals surface area contributed by atoms with Gasteiger partial charge < -0.3 is 30.8 Å². The molecule has 2 rings (SSSR count). The molecule has 1 heterocycles. The zero-order chi connectivity index (χ0) is 25.1. The average molecular weight is 474 g/mol. The number of ether oxygens (including phenoxy) is 1. The summed E-state index contributed by atoms with van der Waals surface area (Å²) >= 11 is 0. The maximum absolute atomic E-state index is 12.9. The number of carboxylic acid groups (broad SMARTS) is 1. The van der Waals surface area contributed by atoms with Gasteiger partial charge in [-0.15, -0.1) is 0 Å². The van der Waals surface area contributed by atoms with Crippen molar-refractivity contribution in [1.82, 2.24) is 25.9 Å². The molecule has 0 aliphatic carbocycles. The van der Waals surface area contributed by atoms with E-state index in [0.717, 1.165) is 5.56 Å². The highest BCUT2D eigenvalue weighted by Crippen LogP contribution is 2.07. The Labute approximate surface area is 197 Å². The molecule has 0 aliphatic rings. The number of hydrogen-bond acceptors (Lipinski definition) is 6. The van der Waals surface area contributed by atoms with E-state index in [9.17, 15) is 24.3 Å². The zero-order valence-corrected chi connectivity index (χ0v) is 19.4. The molecular weight excluding hydrogens is 442 g/mol. The quantitative estimate of drug-likeness (QED) is 0.311. The predicted octanol–water partition coefficient (Wildman–Crippen LogP) is 1.37. The molecule has 0 aliphatic heterocycles. The van der Waals surface area contributed by atoms with E-state index in [4.69, 9.17) is 4.74 Å². The number of aromatic amines is 1. The molecule has 1 aromatic carbocycles. The fourth-order valence-corrected chi connectivity index (χ4v) is 3.09. The van der Waals surface area contributed by atoms with Crippen LogP contribution in [-0.4, -0.2) is 57.1 Å². The number of aromatic nitrogens is 2. The van der Waals surface area contributed by atoms with Crippen molar-refractivity contribution in [2.45, 2.75) is 58.3 Å². The summed E-state index contributed by atoms with van der Waals surface area (Å²) < 4.78 is 5.11. The summed E-state index contributed by atoms with van der Waals surface area (Å²) in [5.41, 5.74) is 1.36. The van der Waals surface area contributed by atoms with Gasteiger partial charge in [0.1, 0.15) is 24.7 Å². The molecule has 11 heteroatoms. The molecule has 0 fully saturated rings. The maximum atomic E-state index is 12.9. The standard InChI is InChI=1S/C23H31N5O6/c1-14(2)9-19(22(31)32)28-21(30)18(10-17-11-24-13-25-17)27-20(29)15(3)26-23(33)34-12-16-7-5-4-6-8-16/h4-8,11,13-15,18-19H,9-10,12H2,1-3H3,(H,24,25)(H,26,33)(H,27,29)(H,28,30)(H,31,32)/t15-,18-,19-/m0/s1. The number of hydrogen-bond donors (Lipinski definition) is 5. The van der Waals surface area contributed by atoms with Crippen LogP contribution in [0.5, 0.6) is 0 Å². The van der Waals surface area contributed by atoms with Crippen molar-refractivity contribution in [2.24, 2.45) is 5.92 Å². The van der Waals surface area contributed by atoms with Gasteiger partial charge in [0.2, 0.25) is 11.8 Å². The monoisotopic (exact) mass is 473 g/mol. The Balaban J connectivity index is 1.98. The van der Waals surface area contributed by atoms with Gasteiger partial charge in [0.25, 0.3) is 0 Å². The Bertz CT molecular complexity index is 948. The van der Waals surface area contributed by atoms with Crippen LogP contribution in [0.25, 0.3) is 0 Å². The van der Waals surface area contributed by atoms with Crippen LogP contribution in [0, 0.1) is 5.92 Å². The topological polar surface area (TPSA) is 163 Å². The summed E-state index contributed by atoms with van der Waals surface area (Å²) in [6.07, 6.45) is 2.42. The van der Waals surface area contributed by atoms with Crippen LogP contribution in [-0.2, 0) is 32.1 Å². The third-order valence-electron chi connectivity index (χ3n) is 4.87. The second kappa shape index (κ2) is 13.0. The van der Waals surface area contributed by atoms with Gasteiger partial charge >= 0.3 is 12.1 Å². The average Bonchev–Trinajstić information content (AvgIpc) is 3.30. The molecule has 184 valence electrons. The second-order valence-corrected chi connectivity index (χ2v) is 8.30. The Kier molecular flexibility index (Phi) is 10.1. The normalized spacial score (nSPS) is 13.4. The van der Waals surface area contributed by atoms with E-state index in [-0.39, 0.29) is 25.4 Å². The number of carbonyl (C=O) groups excluding carboxylic acids is 3. The van der Waals surface area contributed by atoms with Gasteiger partial charge in [-0.2, -0.15) is 0 Å². The number of nitrogens with one attached hydrogen (secondary N) is 4. The number of H-pyrrole nitrogens is 1. The van der Waals surface area contributed by atoms with E-state index in [1.165, 1.54) is 19.4 Å². The molecule has 2 aromatic rings. The van der Waals surface area contributed by atoms with Crippen molar-refractivity contribution in [3.05, 3.63) is 54.1 Å². The zero-order valence-electron chi connectivity index (χ0n) is 19.4. The predicted molar refractivity (Wildman–Crippen MR) is 122 cm³/mol. The molecule has 1 aromatic heterocycles. The Morgan fingerprint density at radius 3 is 2.26 bits per heavy atom. The summed E-state index contributed by atoms with van der Waals surface area (Å²) in [4.78, 5) is 55.9. The number of carbonyl (C=O) groups is 4. The van der Waals surface area contributed by atoms with Gasteiger partial charge in [0, 0.05) is 18.3 Å². The van der Waals surface area contributed by atoms with Crippen LogP contribution in [0.4, 0.5) is 4.79 Å². The molecule has 3 amide bonds. The van der Waals surface area contributed by atoms with E-state index < -0.39 is 42.0 Å². The van der Waals surface area contributed by atoms with Crippen molar-refractivity contribution in [2.75, 3.05) is 0 Å². The number of amides is 3. The largest absolute Gasteiger partial charge is 0.480 e. The first-order valence-corrected chi connectivity index (χ1v) is 10.9. The van der Waals surface area contributed by atoms with Crippen LogP contribution in [0.1, 0.15) is 38.4 Å². The van der Waals surface area contributed by atoms with Crippen molar-refractivity contribution in [3.8, 4) is 0 Å². The Hall–Kier alpha value is -3.89. The van der Waals surface area contributed by atoms with E-state index in [2.05, 4.69) is 25.9 Å². The summed E-state index contributed by atoms with van der Waals surface area (Å²) in [7, 11) is 0. The molecule has 0 spiro atoms. The van der Waals surface area contributed by atoms with Gasteiger partial charge in [-0.05, 0) is 24.8 Å². The van der Waals surface area contributed by atoms with Gasteiger partial charge in [0.05, 0.1) is 6.33 Å². The number of benzene rings is 1. The second-order valence-electron chi connectivity index (χ2n) is 8.30. The molecular formula is C23H31N5O6. The number of rotatable bonds is 12. The van der Waals surface area contributed by atoms with Crippen LogP contribution < -0.4 is 16.0 Å². The minimum atomic E-state index is -1.16. The lowest BCUT2D eigenvalue weighted by Gasteiger charge is -2.23. The van der Waals surface area contributed by atoms with Crippen LogP contribution in [0.15, 0.2) is 42.9 Å². The fraction of sp³-hybridized carbons (Fsp3) is 0.435. The molecule has 0 saturated carbocycles. The molecule has 34 heavy (non-hydrogen) atoms. The lowest BCUT2D eigenvalue weighted by atomic mass is 10.0. The first kappa shape index (κ1) is 26.4. The molecule has 0 radical (unpaired) electrons. The summed E-state index contributed by atoms with van der Waals surface area (Å²) in [6, 6.07) is 5.86. The maximum Gasteiger partial charge on any atom is 0.408 e. The minimum Gasteiger partial charge on any atom is -0.480 e. The molecule has 11 nitrogen and oxygen atoms in total. The van der Waals surface area contributed by atoms with Gasteiger partial charge in [-0.3, -0.25) is 9.59 Å². The van der Waals surface area contributed by atoms with Gasteiger partial charge in [0.15, 0.2) is 0 Å². The van der Waals surface area contributed by atoms with Crippen LogP contribution in [0.2, 0.25) is 0 Å². The van der Waals surface area contributed by atoms with Crippen molar-refractivity contribution in [3.63, 3.8) is 0 Å². The summed E-state index contributed by atoms with van der Waals surface area (Å²) in [5.74, 6) is -2.42. The SMILES string of the molecule is CC(C)C[C@H](NC(=O)[C@H](Cc1cnc[nH]1)NC(=O)[C@H](C)NC(=O)OCc1ccccc1)C(=O)O. The van der Waals surface area contributed by atoms with E-state index in [0.29, 0.717) is 5.69 Å². The first-order valence-electron chi connectivity index (χ1n) is 10.9. The fourth-order valence-electron chi connectivity index (χ4n) is 3.09. The Morgan fingerprint density at radius 1 is 1.00 bits per heavy atom. The number of carboxylic acids is 1. The van der Waals surface area contributed by atoms with E-state index in [1.54, 1.807) is 12.1 Å². The highest BCUT2D eigenvalue weighted by molar-refractivity contribution is 5.92. The number of imidazole rings is 1. The lowest BCUT2D eigenvalue weighted by Crippen LogP contribution is -2.56. The molecule has 5 N–H and O–H groups in total. The highest BCUT2D eigenvalue weighted by atomic mass is 16.5. The number of alkyl carbamates (subject to hydrolysis) is 1. The van der Waals surface area contributed by atoms with E-state index in [1.807, 2.05) is 32.0 Å². The van der Waals surface area contributed by atoms with Crippen molar-refractivity contribution >= 4 is 23.9 Å². The molecule has 3 atom stereocenters. The minimum absolute atomic E-state index is 0.0353. The first-order chi connectivity index (χ1) is 16.2. The highest BCUT2D eigenvalue weighted by Gasteiger charge is 2.29. The summed E-state index contributed by atoms with van der Waals surface area (Å²) in [5, 5.41) is 16.9. The van der Waals surface area contributed by atoms with Crippen molar-refractivity contribution < 1.29 is 29.0 Å². The van der Waals surface area contributed by atoms with E-state index >= 15 is 0 Å². The third-order valence-corrected chi connectivity index (χ3v) is 4.87. The smallest absolute Gasteiger partial charge is 0.408 e. The number of aliphatic carboxylic acids is 1. The molecule has 0 saturated heterocycles. The van der Waals surface area contributed by atoms with Crippen LogP contribution >= 0.6 is 0 Å². The summed E-state index contributed by atoms with van der Waals surface area (Å²) in [6.45, 7) is 5.17. The number of nitrogens with zero attached hydrogens (tertiary/aromatic N) is 1. The van der Waals surface area contributed by atoms with Gasteiger partial charge in [-0.25, -0.2) is 14.6 Å². The third kappa shape index (κ3) is 8.93. The van der Waals surface area contributed by atoms with Crippen LogP contribution in [0.3, 0.4) is 0 Å². The molecule has 0 bridgehead atoms. The van der Waals surface area contributed by atoms with Gasteiger partial charge in [-0.1, -0.05) is 44.2 Å². The molecule has 0 unspecified atom stereocenters. The Morgan fingerprint density at radius 2 is 1.68 bits per heavy atom. The van der Waals surface area contributed by atoms with Crippen molar-refractivity contribution in [1.29, 1.82) is 0 Å². The lowest BCUT2D eigenvalue weighted by molar-refractivity contribution is -0.142.